The average molecular weight is 478 g/mol. The molecule has 180 valence electrons. The van der Waals surface area contributed by atoms with Crippen LogP contribution in [-0.2, 0) is 6.54 Å². The van der Waals surface area contributed by atoms with Crippen LogP contribution in [0, 0.1) is 11.3 Å². The van der Waals surface area contributed by atoms with Gasteiger partial charge in [-0.3, -0.25) is 9.48 Å². The summed E-state index contributed by atoms with van der Waals surface area (Å²) in [5, 5.41) is 37.2. The predicted molar refractivity (Wildman–Crippen MR) is 118 cm³/mol. The maximum Gasteiger partial charge on any atom is 0.407 e. The number of anilines is 1. The van der Waals surface area contributed by atoms with Crippen molar-refractivity contribution in [3.05, 3.63) is 36.1 Å². The van der Waals surface area contributed by atoms with Gasteiger partial charge >= 0.3 is 17.9 Å². The topological polar surface area (TPSA) is 179 Å². The van der Waals surface area contributed by atoms with E-state index in [2.05, 4.69) is 41.8 Å². The number of nitrogens with one attached hydrogen (secondary N) is 1. The zero-order chi connectivity index (χ0) is 24.4. The van der Waals surface area contributed by atoms with Crippen molar-refractivity contribution in [2.45, 2.75) is 37.9 Å². The molecule has 2 amide bonds. The van der Waals surface area contributed by atoms with Crippen molar-refractivity contribution in [3.63, 3.8) is 0 Å². The summed E-state index contributed by atoms with van der Waals surface area (Å²) in [5.41, 5.74) is 0.827. The molecule has 2 atom stereocenters. The summed E-state index contributed by atoms with van der Waals surface area (Å²) < 4.78 is 7.22. The molecule has 2 fully saturated rings. The van der Waals surface area contributed by atoms with Gasteiger partial charge in [-0.2, -0.15) is 5.26 Å². The van der Waals surface area contributed by atoms with E-state index in [4.69, 9.17) is 4.42 Å². The summed E-state index contributed by atoms with van der Waals surface area (Å²) in [6.45, 7) is 2.09. The maximum atomic E-state index is 12.8. The highest BCUT2D eigenvalue weighted by molar-refractivity contribution is 5.90. The Morgan fingerprint density at radius 2 is 2.11 bits per heavy atom. The molecule has 0 spiro atoms. The largest absolute Gasteiger partial charge is 0.465 e. The molecule has 0 radical (unpaired) electrons. The first-order valence-electron chi connectivity index (χ1n) is 11.2. The minimum atomic E-state index is -1.08. The molecule has 14 nitrogen and oxygen atoms in total. The Morgan fingerprint density at radius 3 is 2.83 bits per heavy atom. The smallest absolute Gasteiger partial charge is 0.407 e. The van der Waals surface area contributed by atoms with E-state index >= 15 is 0 Å². The lowest BCUT2D eigenvalue weighted by atomic mass is 10.1. The monoisotopic (exact) mass is 478 g/mol. The molecular weight excluding hydrogens is 456 g/mol. The van der Waals surface area contributed by atoms with Gasteiger partial charge in [-0.1, -0.05) is 5.21 Å². The van der Waals surface area contributed by atoms with Crippen LogP contribution >= 0.6 is 0 Å². The highest BCUT2D eigenvalue weighted by atomic mass is 16.4. The summed E-state index contributed by atoms with van der Waals surface area (Å²) in [5.74, 6) is -0.144. The van der Waals surface area contributed by atoms with Crippen LogP contribution in [0.2, 0.25) is 0 Å². The van der Waals surface area contributed by atoms with Gasteiger partial charge in [-0.15, -0.1) is 15.3 Å². The van der Waals surface area contributed by atoms with E-state index in [1.165, 1.54) is 17.3 Å². The third-order valence-corrected chi connectivity index (χ3v) is 6.12. The molecular formula is C21H22N10O4. The van der Waals surface area contributed by atoms with Crippen molar-refractivity contribution >= 4 is 17.8 Å². The van der Waals surface area contributed by atoms with Gasteiger partial charge in [-0.05, 0) is 25.3 Å². The number of nitriles is 1. The first kappa shape index (κ1) is 22.3. The molecule has 0 saturated carbocycles. The molecule has 5 rings (SSSR count). The Kier molecular flexibility index (Phi) is 5.96. The van der Waals surface area contributed by atoms with Crippen LogP contribution in [-0.4, -0.2) is 83.9 Å². The minimum absolute atomic E-state index is 0.0873. The van der Waals surface area contributed by atoms with Crippen LogP contribution in [0.5, 0.6) is 0 Å². The Bertz CT molecular complexity index is 1260. The van der Waals surface area contributed by atoms with Crippen LogP contribution < -0.4 is 10.2 Å². The number of carboxylic acid groups (broad SMARTS) is 1. The zero-order valence-corrected chi connectivity index (χ0v) is 18.6. The minimum Gasteiger partial charge on any atom is -0.465 e. The van der Waals surface area contributed by atoms with E-state index in [9.17, 15) is 20.0 Å². The Balaban J connectivity index is 1.31. The van der Waals surface area contributed by atoms with E-state index in [-0.39, 0.29) is 24.4 Å². The standard InChI is InChI=1S/C21H22N10O4/c22-9-13-7-16(17(23-10-13)29-4-1-2-5-29)19-26-27-20(35-19)18(32)25-14-8-15(31(11-14)21(33)34)12-30-6-3-24-28-30/h3,6-7,10,14-15H,1-2,4-5,8,11-12H2,(H,25,32)(H,33,34)/t14-,15+/m1/s1. The molecule has 5 heterocycles. The maximum absolute atomic E-state index is 12.8. The van der Waals surface area contributed by atoms with Crippen LogP contribution in [0.15, 0.2) is 29.1 Å². The molecule has 0 bridgehead atoms. The second kappa shape index (κ2) is 9.37. The number of rotatable bonds is 6. The second-order valence-corrected chi connectivity index (χ2v) is 8.43. The van der Waals surface area contributed by atoms with Gasteiger partial charge in [0.05, 0.1) is 29.9 Å². The van der Waals surface area contributed by atoms with E-state index in [1.807, 2.05) is 0 Å². The molecule has 35 heavy (non-hydrogen) atoms. The molecule has 0 aromatic carbocycles. The lowest BCUT2D eigenvalue weighted by Gasteiger charge is -2.20. The molecule has 2 N–H and O–H groups in total. The summed E-state index contributed by atoms with van der Waals surface area (Å²) in [4.78, 5) is 32.3. The van der Waals surface area contributed by atoms with Gasteiger partial charge in [0.15, 0.2) is 0 Å². The van der Waals surface area contributed by atoms with Gasteiger partial charge in [0.1, 0.15) is 11.9 Å². The highest BCUT2D eigenvalue weighted by Crippen LogP contribution is 2.31. The van der Waals surface area contributed by atoms with Crippen LogP contribution in [0.25, 0.3) is 11.5 Å². The number of aromatic nitrogens is 6. The third kappa shape index (κ3) is 4.60. The number of likely N-dealkylation sites (tertiary alicyclic amines) is 1. The van der Waals surface area contributed by atoms with Gasteiger partial charge < -0.3 is 24.6 Å². The number of amides is 2. The first-order chi connectivity index (χ1) is 17.0. The Labute approximate surface area is 199 Å². The lowest BCUT2D eigenvalue weighted by Crippen LogP contribution is -2.39. The SMILES string of the molecule is N#Cc1cnc(N2CCCC2)c(-c2nnc(C(=O)N[C@@H]3C[C@@H](Cn4ccnn4)N(C(=O)O)C3)o2)c1. The highest BCUT2D eigenvalue weighted by Gasteiger charge is 2.37. The normalized spacial score (nSPS) is 19.6. The van der Waals surface area contributed by atoms with E-state index in [0.29, 0.717) is 29.9 Å². The van der Waals surface area contributed by atoms with Crippen LogP contribution in [0.3, 0.4) is 0 Å². The van der Waals surface area contributed by atoms with E-state index in [0.717, 1.165) is 25.9 Å². The summed E-state index contributed by atoms with van der Waals surface area (Å²) >= 11 is 0. The fourth-order valence-electron chi connectivity index (χ4n) is 4.50. The number of pyridine rings is 1. The van der Waals surface area contributed by atoms with Gasteiger partial charge in [0.25, 0.3) is 5.89 Å². The van der Waals surface area contributed by atoms with Crippen molar-refractivity contribution in [1.82, 2.24) is 40.4 Å². The lowest BCUT2D eigenvalue weighted by molar-refractivity contribution is 0.0901. The van der Waals surface area contributed by atoms with Crippen molar-refractivity contribution in [1.29, 1.82) is 5.26 Å². The van der Waals surface area contributed by atoms with Crippen molar-refractivity contribution in [2.75, 3.05) is 24.5 Å². The van der Waals surface area contributed by atoms with Gasteiger partial charge in [-0.25, -0.2) is 9.78 Å². The van der Waals surface area contributed by atoms with E-state index in [1.54, 1.807) is 16.9 Å². The predicted octanol–water partition coefficient (Wildman–Crippen LogP) is 0.746. The zero-order valence-electron chi connectivity index (χ0n) is 18.6. The molecule has 3 aromatic rings. The summed E-state index contributed by atoms with van der Waals surface area (Å²) in [7, 11) is 0. The number of hydrogen-bond donors (Lipinski definition) is 2. The van der Waals surface area contributed by atoms with Crippen molar-refractivity contribution < 1.29 is 19.1 Å². The molecule has 2 aliphatic heterocycles. The van der Waals surface area contributed by atoms with Crippen LogP contribution in [0.4, 0.5) is 10.6 Å². The molecule has 2 aliphatic rings. The Hall–Kier alpha value is -4.54. The number of carbonyl (C=O) groups excluding carboxylic acids is 1. The molecule has 2 saturated heterocycles. The molecule has 3 aromatic heterocycles. The molecule has 0 unspecified atom stereocenters. The van der Waals surface area contributed by atoms with Gasteiger partial charge in [0, 0.05) is 38.1 Å². The average Bonchev–Trinajstić information content (AvgIpc) is 3.66. The number of hydrogen-bond acceptors (Lipinski definition) is 10. The van der Waals surface area contributed by atoms with Crippen LogP contribution in [0.1, 0.15) is 35.5 Å². The first-order valence-corrected chi connectivity index (χ1v) is 11.2. The Morgan fingerprint density at radius 1 is 1.29 bits per heavy atom. The number of nitrogens with zero attached hydrogens (tertiary/aromatic N) is 9. The summed E-state index contributed by atoms with van der Waals surface area (Å²) in [6.07, 6.45) is 6.04. The summed E-state index contributed by atoms with van der Waals surface area (Å²) in [6, 6.07) is 2.86. The van der Waals surface area contributed by atoms with E-state index < -0.39 is 18.0 Å². The molecule has 14 heteroatoms. The van der Waals surface area contributed by atoms with Crippen molar-refractivity contribution in [3.8, 4) is 17.5 Å². The quantitative estimate of drug-likeness (QED) is 0.510. The third-order valence-electron chi connectivity index (χ3n) is 6.12. The fraction of sp³-hybridized carbons (Fsp3) is 0.429. The molecule has 0 aliphatic carbocycles. The second-order valence-electron chi connectivity index (χ2n) is 8.43. The van der Waals surface area contributed by atoms with Crippen molar-refractivity contribution in [2.24, 2.45) is 0 Å². The fourth-order valence-corrected chi connectivity index (χ4v) is 4.50. The van der Waals surface area contributed by atoms with Gasteiger partial charge in [0.2, 0.25) is 0 Å². The number of carbonyl (C=O) groups is 2.